The van der Waals surface area contributed by atoms with Crippen LogP contribution in [-0.4, -0.2) is 102 Å². The molecule has 0 aliphatic carbocycles. The van der Waals surface area contributed by atoms with Gasteiger partial charge >= 0.3 is 11.9 Å². The van der Waals surface area contributed by atoms with Crippen molar-refractivity contribution in [1.82, 2.24) is 0 Å². The Morgan fingerprint density at radius 3 is 2.46 bits per heavy atom. The maximum atomic E-state index is 12.8. The molecular formula is C26H34O13. The molecule has 1 fully saturated rings. The van der Waals surface area contributed by atoms with E-state index in [1.54, 1.807) is 25.1 Å². The Labute approximate surface area is 224 Å². The number of rotatable bonds is 10. The summed E-state index contributed by atoms with van der Waals surface area (Å²) in [6.07, 6.45) is -6.24. The summed E-state index contributed by atoms with van der Waals surface area (Å²) in [7, 11) is 2.61. The molecule has 39 heavy (non-hydrogen) atoms. The number of carbonyl (C=O) groups is 2. The smallest absolute Gasteiger partial charge is 0.337 e. The summed E-state index contributed by atoms with van der Waals surface area (Å²) >= 11 is 0. The Morgan fingerprint density at radius 2 is 1.85 bits per heavy atom. The molecule has 5 N–H and O–H groups in total. The van der Waals surface area contributed by atoms with E-state index in [4.69, 9.17) is 28.4 Å². The average molecular weight is 555 g/mol. The van der Waals surface area contributed by atoms with Gasteiger partial charge in [-0.2, -0.15) is 0 Å². The first-order valence-corrected chi connectivity index (χ1v) is 12.2. The van der Waals surface area contributed by atoms with E-state index in [1.165, 1.54) is 20.3 Å². The molecule has 1 aromatic rings. The van der Waals surface area contributed by atoms with Gasteiger partial charge in [0.15, 0.2) is 17.8 Å². The second-order valence-corrected chi connectivity index (χ2v) is 8.89. The zero-order chi connectivity index (χ0) is 28.7. The lowest BCUT2D eigenvalue weighted by Gasteiger charge is -2.41. The van der Waals surface area contributed by atoms with Crippen molar-refractivity contribution in [2.75, 3.05) is 27.4 Å². The van der Waals surface area contributed by atoms with Gasteiger partial charge < -0.3 is 54.0 Å². The highest BCUT2D eigenvalue weighted by atomic mass is 16.8. The fourth-order valence-corrected chi connectivity index (χ4v) is 4.32. The van der Waals surface area contributed by atoms with Gasteiger partial charge in [-0.3, -0.25) is 4.79 Å². The van der Waals surface area contributed by atoms with Gasteiger partial charge in [-0.1, -0.05) is 12.1 Å². The summed E-state index contributed by atoms with van der Waals surface area (Å²) in [6.45, 7) is 0.974. The first-order valence-electron chi connectivity index (χ1n) is 12.2. The van der Waals surface area contributed by atoms with E-state index in [1.807, 2.05) is 0 Å². The molecule has 2 aliphatic heterocycles. The SMILES string of the molecule is C/C=C1\C(OC2OC(CO)C(O)C(O)C2O)OC=C(C(=O)OC)C1CC(=O)OCCc1ccc(OC)c(O)c1. The average Bonchev–Trinajstić information content (AvgIpc) is 2.93. The van der Waals surface area contributed by atoms with Crippen LogP contribution in [0.25, 0.3) is 0 Å². The number of aliphatic hydroxyl groups excluding tert-OH is 4. The van der Waals surface area contributed by atoms with Crippen LogP contribution in [0.15, 0.2) is 41.7 Å². The topological polar surface area (TPSA) is 191 Å². The molecule has 0 bridgehead atoms. The molecule has 0 radical (unpaired) electrons. The Balaban J connectivity index is 1.70. The lowest BCUT2D eigenvalue weighted by molar-refractivity contribution is -0.327. The Morgan fingerprint density at radius 1 is 1.10 bits per heavy atom. The first kappa shape index (κ1) is 30.3. The van der Waals surface area contributed by atoms with Crippen molar-refractivity contribution in [3.05, 3.63) is 47.2 Å². The summed E-state index contributed by atoms with van der Waals surface area (Å²) in [6, 6.07) is 4.82. The third kappa shape index (κ3) is 7.06. The lowest BCUT2D eigenvalue weighted by Crippen LogP contribution is -2.60. The van der Waals surface area contributed by atoms with Gasteiger partial charge in [0, 0.05) is 17.9 Å². The predicted molar refractivity (Wildman–Crippen MR) is 131 cm³/mol. The molecule has 7 atom stereocenters. The van der Waals surface area contributed by atoms with Crippen LogP contribution in [0.5, 0.6) is 11.5 Å². The van der Waals surface area contributed by atoms with Crippen LogP contribution >= 0.6 is 0 Å². The molecule has 2 aliphatic rings. The van der Waals surface area contributed by atoms with Crippen molar-refractivity contribution in [2.24, 2.45) is 5.92 Å². The van der Waals surface area contributed by atoms with Crippen molar-refractivity contribution < 1.29 is 63.5 Å². The van der Waals surface area contributed by atoms with Crippen LogP contribution < -0.4 is 4.74 Å². The van der Waals surface area contributed by atoms with Crippen molar-refractivity contribution >= 4 is 11.9 Å². The summed E-state index contributed by atoms with van der Waals surface area (Å²) in [5.41, 5.74) is 1.05. The van der Waals surface area contributed by atoms with E-state index in [-0.39, 0.29) is 24.4 Å². The molecular weight excluding hydrogens is 520 g/mol. The van der Waals surface area contributed by atoms with Gasteiger partial charge in [-0.15, -0.1) is 0 Å². The van der Waals surface area contributed by atoms with Crippen LogP contribution in [0.4, 0.5) is 0 Å². The molecule has 3 rings (SSSR count). The predicted octanol–water partition coefficient (Wildman–Crippen LogP) is -0.331. The molecule has 13 nitrogen and oxygen atoms in total. The first-order chi connectivity index (χ1) is 18.6. The summed E-state index contributed by atoms with van der Waals surface area (Å²) in [5.74, 6) is -1.99. The van der Waals surface area contributed by atoms with Crippen molar-refractivity contribution in [3.8, 4) is 11.5 Å². The molecule has 216 valence electrons. The zero-order valence-electron chi connectivity index (χ0n) is 21.8. The fourth-order valence-electron chi connectivity index (χ4n) is 4.32. The Kier molecular flexibility index (Phi) is 10.7. The van der Waals surface area contributed by atoms with E-state index >= 15 is 0 Å². The number of methoxy groups -OCH3 is 2. The van der Waals surface area contributed by atoms with Crippen LogP contribution in [0.3, 0.4) is 0 Å². The van der Waals surface area contributed by atoms with Gasteiger partial charge in [0.25, 0.3) is 0 Å². The number of allylic oxidation sites excluding steroid dienone is 1. The molecule has 0 amide bonds. The number of hydrogen-bond acceptors (Lipinski definition) is 13. The van der Waals surface area contributed by atoms with E-state index in [2.05, 4.69) is 0 Å². The number of esters is 2. The summed E-state index contributed by atoms with van der Waals surface area (Å²) in [4.78, 5) is 25.2. The highest BCUT2D eigenvalue weighted by Gasteiger charge is 2.46. The number of phenolic OH excluding ortho intramolecular Hbond substituents is 1. The second-order valence-electron chi connectivity index (χ2n) is 8.89. The van der Waals surface area contributed by atoms with Gasteiger partial charge in [-0.05, 0) is 24.6 Å². The van der Waals surface area contributed by atoms with E-state index in [0.717, 1.165) is 6.26 Å². The minimum absolute atomic E-state index is 0.00106. The zero-order valence-corrected chi connectivity index (χ0v) is 21.8. The Hall–Kier alpha value is -3.20. The van der Waals surface area contributed by atoms with E-state index < -0.39 is 61.5 Å². The molecule has 0 aromatic heterocycles. The second kappa shape index (κ2) is 13.7. The highest BCUT2D eigenvalue weighted by molar-refractivity contribution is 5.90. The van der Waals surface area contributed by atoms with E-state index in [9.17, 15) is 35.1 Å². The summed E-state index contributed by atoms with van der Waals surface area (Å²) in [5, 5.41) is 49.7. The van der Waals surface area contributed by atoms with Gasteiger partial charge in [-0.25, -0.2) is 4.79 Å². The maximum Gasteiger partial charge on any atom is 0.337 e. The highest BCUT2D eigenvalue weighted by Crippen LogP contribution is 2.36. The van der Waals surface area contributed by atoms with Gasteiger partial charge in [0.1, 0.15) is 24.4 Å². The molecule has 1 saturated heterocycles. The number of ether oxygens (including phenoxy) is 6. The normalized spacial score (nSPS) is 29.8. The maximum absolute atomic E-state index is 12.8. The lowest BCUT2D eigenvalue weighted by atomic mass is 9.86. The van der Waals surface area contributed by atoms with Gasteiger partial charge in [0.05, 0.1) is 45.7 Å². The number of aliphatic hydroxyl groups is 4. The number of carbonyl (C=O) groups excluding carboxylic acids is 2. The van der Waals surface area contributed by atoms with Crippen LogP contribution in [0.1, 0.15) is 18.9 Å². The Bertz CT molecular complexity index is 1070. The fraction of sp³-hybridized carbons (Fsp3) is 0.538. The molecule has 0 saturated carbocycles. The third-order valence-corrected chi connectivity index (χ3v) is 6.50. The van der Waals surface area contributed by atoms with Crippen molar-refractivity contribution in [2.45, 2.75) is 56.8 Å². The number of aromatic hydroxyl groups is 1. The van der Waals surface area contributed by atoms with E-state index in [0.29, 0.717) is 23.3 Å². The monoisotopic (exact) mass is 554 g/mol. The standard InChI is InChI=1S/C26H34O13/c1-4-14-15(10-20(29)36-8-7-13-5-6-18(34-2)17(28)9-13)16(24(33)35-3)12-37-25(14)39-26-23(32)22(31)21(30)19(11-27)38-26/h4-6,9,12,15,19,21-23,25-28,30-32H,7-8,10-11H2,1-3H3/b14-4-. The van der Waals surface area contributed by atoms with Crippen LogP contribution in [0.2, 0.25) is 0 Å². The summed E-state index contributed by atoms with van der Waals surface area (Å²) < 4.78 is 31.8. The minimum Gasteiger partial charge on any atom is -0.504 e. The number of phenols is 1. The molecule has 7 unspecified atom stereocenters. The van der Waals surface area contributed by atoms with Crippen molar-refractivity contribution in [1.29, 1.82) is 0 Å². The number of benzene rings is 1. The molecule has 1 aromatic carbocycles. The van der Waals surface area contributed by atoms with Crippen LogP contribution in [-0.2, 0) is 39.7 Å². The molecule has 0 spiro atoms. The van der Waals surface area contributed by atoms with Crippen molar-refractivity contribution in [3.63, 3.8) is 0 Å². The third-order valence-electron chi connectivity index (χ3n) is 6.50. The quantitative estimate of drug-likeness (QED) is 0.187. The van der Waals surface area contributed by atoms with Gasteiger partial charge in [0.2, 0.25) is 6.29 Å². The minimum atomic E-state index is -1.68. The number of hydrogen-bond donors (Lipinski definition) is 5. The largest absolute Gasteiger partial charge is 0.504 e. The molecule has 13 heteroatoms. The molecule has 2 heterocycles. The van der Waals surface area contributed by atoms with Crippen LogP contribution in [0, 0.1) is 5.92 Å².